The van der Waals surface area contributed by atoms with E-state index >= 15 is 0 Å². The Bertz CT molecular complexity index is 854. The van der Waals surface area contributed by atoms with E-state index in [-0.39, 0.29) is 6.10 Å². The van der Waals surface area contributed by atoms with Gasteiger partial charge < -0.3 is 14.0 Å². The molecule has 0 aliphatic carbocycles. The lowest BCUT2D eigenvalue weighted by atomic mass is 10.1. The summed E-state index contributed by atoms with van der Waals surface area (Å²) in [6, 6.07) is 9.88. The van der Waals surface area contributed by atoms with E-state index in [9.17, 15) is 0 Å². The smallest absolute Gasteiger partial charge is 0.278 e. The Morgan fingerprint density at radius 3 is 2.88 bits per heavy atom. The molecule has 0 saturated heterocycles. The lowest BCUT2D eigenvalue weighted by Gasteiger charge is -2.24. The van der Waals surface area contributed by atoms with Crippen LogP contribution in [-0.2, 0) is 24.3 Å². The summed E-state index contributed by atoms with van der Waals surface area (Å²) in [4.78, 5) is 4.40. The van der Waals surface area contributed by atoms with Crippen molar-refractivity contribution in [3.8, 4) is 17.3 Å². The molecule has 7 nitrogen and oxygen atoms in total. The number of aryl methyl sites for hydroxylation is 1. The third-order valence-corrected chi connectivity index (χ3v) is 4.28. The molecule has 1 aliphatic rings. The highest BCUT2D eigenvalue weighted by molar-refractivity contribution is 5.47. The molecule has 0 bridgehead atoms. The first-order valence-electron chi connectivity index (χ1n) is 8.42. The molecular formula is C18H20N4O3. The molecular weight excluding hydrogens is 320 g/mol. The summed E-state index contributed by atoms with van der Waals surface area (Å²) in [7, 11) is 1.66. The maximum absolute atomic E-state index is 5.99. The van der Waals surface area contributed by atoms with Crippen LogP contribution in [0, 0.1) is 0 Å². The average Bonchev–Trinajstić information content (AvgIpc) is 3.28. The monoisotopic (exact) mass is 340 g/mol. The van der Waals surface area contributed by atoms with Crippen molar-refractivity contribution in [1.29, 1.82) is 0 Å². The Morgan fingerprint density at radius 2 is 2.12 bits per heavy atom. The van der Waals surface area contributed by atoms with Gasteiger partial charge in [-0.1, -0.05) is 24.2 Å². The first-order chi connectivity index (χ1) is 12.3. The highest BCUT2D eigenvalue weighted by Crippen LogP contribution is 2.29. The molecule has 130 valence electrons. The fraction of sp³-hybridized carbons (Fsp3) is 0.389. The fourth-order valence-electron chi connectivity index (χ4n) is 2.93. The Balaban J connectivity index is 1.53. The zero-order valence-corrected chi connectivity index (χ0v) is 14.3. The number of aromatic nitrogens is 4. The van der Waals surface area contributed by atoms with Gasteiger partial charge in [0.15, 0.2) is 11.5 Å². The van der Waals surface area contributed by atoms with Crippen LogP contribution in [0.15, 0.2) is 34.9 Å². The summed E-state index contributed by atoms with van der Waals surface area (Å²) in [5, 5.41) is 8.61. The Labute approximate surface area is 145 Å². The van der Waals surface area contributed by atoms with Gasteiger partial charge in [-0.15, -0.1) is 0 Å². The molecule has 0 N–H and O–H groups in total. The molecule has 1 aromatic carbocycles. The third-order valence-electron chi connectivity index (χ3n) is 4.28. The summed E-state index contributed by atoms with van der Waals surface area (Å²) in [5.74, 6) is 2.02. The Kier molecular flexibility index (Phi) is 4.23. The first-order valence-corrected chi connectivity index (χ1v) is 8.42. The molecule has 1 aliphatic heterocycles. The SMILES string of the molecule is CCCc1noc(-c2cc3n(n2)C[C@@H](c2ccc(OC)cc2)OC3)n1. The molecule has 0 amide bonds. The van der Waals surface area contributed by atoms with Crippen molar-refractivity contribution in [2.45, 2.75) is 39.0 Å². The number of nitrogens with zero attached hydrogens (tertiary/aromatic N) is 4. The van der Waals surface area contributed by atoms with E-state index in [0.29, 0.717) is 24.7 Å². The van der Waals surface area contributed by atoms with Gasteiger partial charge in [0.05, 0.1) is 26.0 Å². The molecule has 0 unspecified atom stereocenters. The molecule has 7 heteroatoms. The summed E-state index contributed by atoms with van der Waals surface area (Å²) < 4.78 is 18.5. The summed E-state index contributed by atoms with van der Waals surface area (Å²) in [5.41, 5.74) is 2.81. The summed E-state index contributed by atoms with van der Waals surface area (Å²) >= 11 is 0. The minimum Gasteiger partial charge on any atom is -0.497 e. The maximum Gasteiger partial charge on any atom is 0.278 e. The lowest BCUT2D eigenvalue weighted by Crippen LogP contribution is -2.21. The number of hydrogen-bond acceptors (Lipinski definition) is 6. The number of fused-ring (bicyclic) bond motifs is 1. The molecule has 0 radical (unpaired) electrons. The van der Waals surface area contributed by atoms with E-state index in [0.717, 1.165) is 35.7 Å². The van der Waals surface area contributed by atoms with E-state index in [2.05, 4.69) is 22.2 Å². The highest BCUT2D eigenvalue weighted by atomic mass is 16.5. The molecule has 0 saturated carbocycles. The van der Waals surface area contributed by atoms with E-state index < -0.39 is 0 Å². The van der Waals surface area contributed by atoms with Crippen molar-refractivity contribution >= 4 is 0 Å². The van der Waals surface area contributed by atoms with Crippen LogP contribution in [0.1, 0.15) is 36.5 Å². The molecule has 0 fully saturated rings. The van der Waals surface area contributed by atoms with Gasteiger partial charge in [-0.25, -0.2) is 0 Å². The van der Waals surface area contributed by atoms with Crippen LogP contribution in [0.3, 0.4) is 0 Å². The number of methoxy groups -OCH3 is 1. The molecule has 3 heterocycles. The van der Waals surface area contributed by atoms with E-state index in [1.807, 2.05) is 35.0 Å². The zero-order chi connectivity index (χ0) is 17.2. The second kappa shape index (κ2) is 6.68. The van der Waals surface area contributed by atoms with Crippen LogP contribution in [0.25, 0.3) is 11.6 Å². The number of ether oxygens (including phenoxy) is 2. The predicted molar refractivity (Wildman–Crippen MR) is 90.0 cm³/mol. The van der Waals surface area contributed by atoms with Crippen LogP contribution >= 0.6 is 0 Å². The third kappa shape index (κ3) is 3.15. The first kappa shape index (κ1) is 15.8. The van der Waals surface area contributed by atoms with Crippen molar-refractivity contribution < 1.29 is 14.0 Å². The van der Waals surface area contributed by atoms with Gasteiger partial charge in [0.1, 0.15) is 11.9 Å². The van der Waals surface area contributed by atoms with Crippen molar-refractivity contribution in [2.24, 2.45) is 0 Å². The van der Waals surface area contributed by atoms with Gasteiger partial charge in [0.2, 0.25) is 0 Å². The van der Waals surface area contributed by atoms with Crippen molar-refractivity contribution in [1.82, 2.24) is 19.9 Å². The molecule has 3 aromatic rings. The maximum atomic E-state index is 5.99. The van der Waals surface area contributed by atoms with Crippen LogP contribution in [0.2, 0.25) is 0 Å². The standard InChI is InChI=1S/C18H20N4O3/c1-3-4-17-19-18(25-21-17)15-9-13-11-24-16(10-22(13)20-15)12-5-7-14(23-2)8-6-12/h5-9,16H,3-4,10-11H2,1-2H3/t16-/m0/s1. The minimum atomic E-state index is -0.0375. The van der Waals surface area contributed by atoms with Crippen LogP contribution in [0.4, 0.5) is 0 Å². The lowest BCUT2D eigenvalue weighted by molar-refractivity contribution is -0.00115. The molecule has 2 aromatic heterocycles. The molecule has 4 rings (SSSR count). The Morgan fingerprint density at radius 1 is 1.28 bits per heavy atom. The quantitative estimate of drug-likeness (QED) is 0.710. The van der Waals surface area contributed by atoms with E-state index in [4.69, 9.17) is 14.0 Å². The van der Waals surface area contributed by atoms with Crippen LogP contribution in [-0.4, -0.2) is 27.0 Å². The summed E-state index contributed by atoms with van der Waals surface area (Å²) in [6.45, 7) is 3.24. The van der Waals surface area contributed by atoms with Gasteiger partial charge in [-0.3, -0.25) is 4.68 Å². The minimum absolute atomic E-state index is 0.0375. The van der Waals surface area contributed by atoms with Gasteiger partial charge >= 0.3 is 0 Å². The highest BCUT2D eigenvalue weighted by Gasteiger charge is 2.24. The van der Waals surface area contributed by atoms with E-state index in [1.54, 1.807) is 7.11 Å². The van der Waals surface area contributed by atoms with Crippen molar-refractivity contribution in [2.75, 3.05) is 7.11 Å². The van der Waals surface area contributed by atoms with Gasteiger partial charge in [-0.2, -0.15) is 10.1 Å². The van der Waals surface area contributed by atoms with Crippen LogP contribution in [0.5, 0.6) is 5.75 Å². The zero-order valence-electron chi connectivity index (χ0n) is 14.3. The Hall–Kier alpha value is -2.67. The largest absolute Gasteiger partial charge is 0.497 e. The average molecular weight is 340 g/mol. The number of hydrogen-bond donors (Lipinski definition) is 0. The topological polar surface area (TPSA) is 75.2 Å². The fourth-order valence-corrected chi connectivity index (χ4v) is 2.93. The molecule has 25 heavy (non-hydrogen) atoms. The number of benzene rings is 1. The second-order valence-electron chi connectivity index (χ2n) is 6.04. The van der Waals surface area contributed by atoms with Crippen molar-refractivity contribution in [3.05, 3.63) is 47.4 Å². The van der Waals surface area contributed by atoms with Crippen LogP contribution < -0.4 is 4.74 Å². The van der Waals surface area contributed by atoms with E-state index in [1.165, 1.54) is 0 Å². The molecule has 1 atom stereocenters. The van der Waals surface area contributed by atoms with Gasteiger partial charge in [-0.05, 0) is 30.2 Å². The predicted octanol–water partition coefficient (Wildman–Crippen LogP) is 3.17. The summed E-state index contributed by atoms with van der Waals surface area (Å²) in [6.07, 6.45) is 1.75. The second-order valence-corrected chi connectivity index (χ2v) is 6.04. The number of rotatable bonds is 5. The van der Waals surface area contributed by atoms with Gasteiger partial charge in [0, 0.05) is 6.42 Å². The van der Waals surface area contributed by atoms with Crippen molar-refractivity contribution in [3.63, 3.8) is 0 Å². The normalized spacial score (nSPS) is 16.6. The van der Waals surface area contributed by atoms with Gasteiger partial charge in [0.25, 0.3) is 5.89 Å². The molecule has 0 spiro atoms.